The fourth-order valence-electron chi connectivity index (χ4n) is 2.60. The third-order valence-corrected chi connectivity index (χ3v) is 3.93. The molecular weight excluding hydrogens is 288 g/mol. The van der Waals surface area contributed by atoms with Crippen LogP contribution in [0.4, 0.5) is 5.69 Å². The van der Waals surface area contributed by atoms with Crippen LogP contribution in [0.25, 0.3) is 0 Å². The normalized spacial score (nSPS) is 18.3. The molecule has 0 bridgehead atoms. The van der Waals surface area contributed by atoms with E-state index in [0.29, 0.717) is 35.4 Å². The molecule has 4 nitrogen and oxygen atoms in total. The van der Waals surface area contributed by atoms with Gasteiger partial charge in [-0.15, -0.1) is 0 Å². The van der Waals surface area contributed by atoms with Crippen molar-refractivity contribution in [2.24, 2.45) is 5.92 Å². The first kappa shape index (κ1) is 16.1. The van der Waals surface area contributed by atoms with Crippen molar-refractivity contribution in [1.29, 1.82) is 0 Å². The molecule has 1 fully saturated rings. The summed E-state index contributed by atoms with van der Waals surface area (Å²) < 4.78 is 5.50. The Morgan fingerprint density at radius 3 is 3.10 bits per heavy atom. The number of carbonyl (C=O) groups is 1. The summed E-state index contributed by atoms with van der Waals surface area (Å²) in [5, 5.41) is 6.87. The first-order valence-corrected chi connectivity index (χ1v) is 7.99. The number of hydrogen-bond acceptors (Lipinski definition) is 3. The quantitative estimate of drug-likeness (QED) is 0.846. The van der Waals surface area contributed by atoms with Crippen LogP contribution in [0, 0.1) is 5.92 Å². The van der Waals surface area contributed by atoms with Crippen molar-refractivity contribution >= 4 is 23.2 Å². The van der Waals surface area contributed by atoms with Crippen molar-refractivity contribution in [1.82, 2.24) is 5.32 Å². The predicted molar refractivity (Wildman–Crippen MR) is 86.1 cm³/mol. The molecule has 1 atom stereocenters. The minimum absolute atomic E-state index is 0.0174. The van der Waals surface area contributed by atoms with Crippen LogP contribution in [0.2, 0.25) is 5.02 Å². The van der Waals surface area contributed by atoms with Crippen molar-refractivity contribution in [2.75, 3.05) is 25.0 Å². The summed E-state index contributed by atoms with van der Waals surface area (Å²) >= 11 is 5.98. The summed E-state index contributed by atoms with van der Waals surface area (Å²) in [7, 11) is 0. The second kappa shape index (κ2) is 8.25. The Balaban J connectivity index is 1.87. The highest BCUT2D eigenvalue weighted by Crippen LogP contribution is 2.28. The Morgan fingerprint density at radius 2 is 2.38 bits per heavy atom. The lowest BCUT2D eigenvalue weighted by molar-refractivity contribution is -0.116. The predicted octanol–water partition coefficient (Wildman–Crippen LogP) is 3.46. The molecule has 116 valence electrons. The SMILES string of the molecule is CCOc1ccc(Cl)cc1NC(=O)CCC1CCCNC1. The summed E-state index contributed by atoms with van der Waals surface area (Å²) in [6, 6.07) is 5.27. The Morgan fingerprint density at radius 1 is 1.52 bits per heavy atom. The molecule has 1 aromatic rings. The van der Waals surface area contributed by atoms with Gasteiger partial charge in [0.15, 0.2) is 0 Å². The fourth-order valence-corrected chi connectivity index (χ4v) is 2.77. The van der Waals surface area contributed by atoms with Crippen molar-refractivity contribution in [3.8, 4) is 5.75 Å². The number of nitrogens with one attached hydrogen (secondary N) is 2. The summed E-state index contributed by atoms with van der Waals surface area (Å²) in [6.07, 6.45) is 3.87. The molecule has 1 aromatic carbocycles. The zero-order valence-corrected chi connectivity index (χ0v) is 13.2. The van der Waals surface area contributed by atoms with Crippen molar-refractivity contribution in [3.05, 3.63) is 23.2 Å². The van der Waals surface area contributed by atoms with Crippen LogP contribution >= 0.6 is 11.6 Å². The molecule has 21 heavy (non-hydrogen) atoms. The number of piperidine rings is 1. The number of rotatable bonds is 6. The first-order valence-electron chi connectivity index (χ1n) is 7.62. The largest absolute Gasteiger partial charge is 0.492 e. The monoisotopic (exact) mass is 310 g/mol. The van der Waals surface area contributed by atoms with E-state index in [1.807, 2.05) is 6.92 Å². The third-order valence-electron chi connectivity index (χ3n) is 3.69. The average Bonchev–Trinajstić information content (AvgIpc) is 2.49. The molecule has 1 saturated heterocycles. The molecule has 2 rings (SSSR count). The molecule has 0 aliphatic carbocycles. The number of amides is 1. The smallest absolute Gasteiger partial charge is 0.224 e. The van der Waals surface area contributed by atoms with Crippen LogP contribution in [0.1, 0.15) is 32.6 Å². The minimum atomic E-state index is 0.0174. The van der Waals surface area contributed by atoms with E-state index in [4.69, 9.17) is 16.3 Å². The number of anilines is 1. The van der Waals surface area contributed by atoms with Gasteiger partial charge in [-0.1, -0.05) is 11.6 Å². The highest BCUT2D eigenvalue weighted by atomic mass is 35.5. The van der Waals surface area contributed by atoms with Crippen LogP contribution < -0.4 is 15.4 Å². The van der Waals surface area contributed by atoms with E-state index in [-0.39, 0.29) is 5.91 Å². The molecule has 1 amide bonds. The molecule has 1 unspecified atom stereocenters. The van der Waals surface area contributed by atoms with Gasteiger partial charge in [0.05, 0.1) is 12.3 Å². The van der Waals surface area contributed by atoms with Gasteiger partial charge in [0, 0.05) is 11.4 Å². The second-order valence-corrected chi connectivity index (χ2v) is 5.81. The average molecular weight is 311 g/mol. The first-order chi connectivity index (χ1) is 10.2. The van der Waals surface area contributed by atoms with Crippen molar-refractivity contribution in [2.45, 2.75) is 32.6 Å². The van der Waals surface area contributed by atoms with Gasteiger partial charge in [-0.25, -0.2) is 0 Å². The van der Waals surface area contributed by atoms with Gasteiger partial charge < -0.3 is 15.4 Å². The zero-order chi connectivity index (χ0) is 15.1. The lowest BCUT2D eigenvalue weighted by atomic mass is 9.94. The molecule has 5 heteroatoms. The Kier molecular flexibility index (Phi) is 6.33. The van der Waals surface area contributed by atoms with Crippen LogP contribution in [0.5, 0.6) is 5.75 Å². The maximum absolute atomic E-state index is 12.1. The Bertz CT molecular complexity index is 473. The van der Waals surface area contributed by atoms with E-state index in [0.717, 1.165) is 19.5 Å². The maximum Gasteiger partial charge on any atom is 0.224 e. The summed E-state index contributed by atoms with van der Waals surface area (Å²) in [5.41, 5.74) is 0.649. The molecule has 1 heterocycles. The van der Waals surface area contributed by atoms with E-state index in [2.05, 4.69) is 10.6 Å². The highest BCUT2D eigenvalue weighted by molar-refractivity contribution is 6.31. The van der Waals surface area contributed by atoms with E-state index in [1.54, 1.807) is 18.2 Å². The Labute approximate surface area is 131 Å². The summed E-state index contributed by atoms with van der Waals surface area (Å²) in [4.78, 5) is 12.1. The van der Waals surface area contributed by atoms with E-state index >= 15 is 0 Å². The van der Waals surface area contributed by atoms with Gasteiger partial charge in [-0.3, -0.25) is 4.79 Å². The van der Waals surface area contributed by atoms with Crippen molar-refractivity contribution < 1.29 is 9.53 Å². The Hall–Kier alpha value is -1.26. The molecular formula is C16H23ClN2O2. The van der Waals surface area contributed by atoms with Crippen LogP contribution in [-0.4, -0.2) is 25.6 Å². The maximum atomic E-state index is 12.1. The standard InChI is InChI=1S/C16H23ClN2O2/c1-2-21-15-7-6-13(17)10-14(15)19-16(20)8-5-12-4-3-9-18-11-12/h6-7,10,12,18H,2-5,8-9,11H2,1H3,(H,19,20). The van der Waals surface area contributed by atoms with Gasteiger partial charge in [-0.05, 0) is 63.4 Å². The molecule has 0 aromatic heterocycles. The minimum Gasteiger partial charge on any atom is -0.492 e. The van der Waals surface area contributed by atoms with Gasteiger partial charge in [0.1, 0.15) is 5.75 Å². The van der Waals surface area contributed by atoms with Gasteiger partial charge >= 0.3 is 0 Å². The highest BCUT2D eigenvalue weighted by Gasteiger charge is 2.15. The number of hydrogen-bond donors (Lipinski definition) is 2. The molecule has 0 saturated carbocycles. The van der Waals surface area contributed by atoms with Gasteiger partial charge in [-0.2, -0.15) is 0 Å². The van der Waals surface area contributed by atoms with E-state index in [1.165, 1.54) is 12.8 Å². The van der Waals surface area contributed by atoms with E-state index < -0.39 is 0 Å². The molecule has 1 aliphatic rings. The van der Waals surface area contributed by atoms with Crippen molar-refractivity contribution in [3.63, 3.8) is 0 Å². The topological polar surface area (TPSA) is 50.4 Å². The number of halogens is 1. The molecule has 0 spiro atoms. The summed E-state index contributed by atoms with van der Waals surface area (Å²) in [5.74, 6) is 1.29. The molecule has 0 radical (unpaired) electrons. The van der Waals surface area contributed by atoms with Gasteiger partial charge in [0.25, 0.3) is 0 Å². The third kappa shape index (κ3) is 5.21. The lowest BCUT2D eigenvalue weighted by Crippen LogP contribution is -2.30. The number of carbonyl (C=O) groups excluding carboxylic acids is 1. The van der Waals surface area contributed by atoms with Crippen LogP contribution in [0.3, 0.4) is 0 Å². The fraction of sp³-hybridized carbons (Fsp3) is 0.562. The van der Waals surface area contributed by atoms with Gasteiger partial charge in [0.2, 0.25) is 5.91 Å². The molecule has 1 aliphatic heterocycles. The van der Waals surface area contributed by atoms with Crippen LogP contribution in [-0.2, 0) is 4.79 Å². The number of benzene rings is 1. The molecule has 2 N–H and O–H groups in total. The van der Waals surface area contributed by atoms with E-state index in [9.17, 15) is 4.79 Å². The number of ether oxygens (including phenoxy) is 1. The second-order valence-electron chi connectivity index (χ2n) is 5.37. The summed E-state index contributed by atoms with van der Waals surface area (Å²) in [6.45, 7) is 4.59. The van der Waals surface area contributed by atoms with Crippen LogP contribution in [0.15, 0.2) is 18.2 Å². The lowest BCUT2D eigenvalue weighted by Gasteiger charge is -2.22. The zero-order valence-electron chi connectivity index (χ0n) is 12.5.